The number of nitrogens with one attached hydrogen (secondary N) is 1. The van der Waals surface area contributed by atoms with Crippen LogP contribution in [0.1, 0.15) is 28.2 Å². The Morgan fingerprint density at radius 3 is 2.46 bits per heavy atom. The van der Waals surface area contributed by atoms with Gasteiger partial charge in [0, 0.05) is 34.1 Å². The Morgan fingerprint density at radius 2 is 1.58 bits per heavy atom. The molecular weight excluding hydrogens is 318 g/mol. The van der Waals surface area contributed by atoms with Gasteiger partial charge >= 0.3 is 0 Å². The molecule has 1 aliphatic rings. The first kappa shape index (κ1) is 15.0. The van der Waals surface area contributed by atoms with Gasteiger partial charge in [-0.3, -0.25) is 0 Å². The summed E-state index contributed by atoms with van der Waals surface area (Å²) in [5, 5.41) is 1.26. The highest BCUT2D eigenvalue weighted by atomic mass is 16.5. The number of benzene rings is 3. The van der Waals surface area contributed by atoms with Gasteiger partial charge in [0.15, 0.2) is 0 Å². The summed E-state index contributed by atoms with van der Waals surface area (Å²) >= 11 is 0. The second-order valence-electron chi connectivity index (χ2n) is 6.80. The first-order valence-corrected chi connectivity index (χ1v) is 8.91. The molecule has 1 N–H and O–H groups in total. The zero-order valence-electron chi connectivity index (χ0n) is 14.6. The third-order valence-electron chi connectivity index (χ3n) is 5.08. The van der Waals surface area contributed by atoms with Crippen molar-refractivity contribution < 1.29 is 4.74 Å². The van der Waals surface area contributed by atoms with Crippen molar-refractivity contribution in [3.63, 3.8) is 0 Å². The van der Waals surface area contributed by atoms with Crippen molar-refractivity contribution in [3.8, 4) is 5.75 Å². The van der Waals surface area contributed by atoms with Crippen molar-refractivity contribution in [2.45, 2.75) is 12.8 Å². The maximum absolute atomic E-state index is 6.25. The molecule has 126 valence electrons. The molecule has 0 amide bonds. The Morgan fingerprint density at radius 1 is 0.808 bits per heavy atom. The second kappa shape index (κ2) is 5.92. The van der Waals surface area contributed by atoms with Gasteiger partial charge in [-0.05, 0) is 30.7 Å². The van der Waals surface area contributed by atoms with Crippen LogP contribution in [-0.4, -0.2) is 4.98 Å². The summed E-state index contributed by atoms with van der Waals surface area (Å²) in [5.74, 6) is 2.01. The third-order valence-corrected chi connectivity index (χ3v) is 5.08. The van der Waals surface area contributed by atoms with Crippen LogP contribution in [0.5, 0.6) is 5.75 Å². The number of para-hydroxylation sites is 2. The number of aromatic amines is 1. The summed E-state index contributed by atoms with van der Waals surface area (Å²) in [4.78, 5) is 3.41. The number of hydrogen-bond donors (Lipinski definition) is 1. The maximum atomic E-state index is 6.25. The van der Waals surface area contributed by atoms with Gasteiger partial charge in [-0.1, -0.05) is 66.2 Å². The Kier molecular flexibility index (Phi) is 3.42. The quantitative estimate of drug-likeness (QED) is 0.474. The van der Waals surface area contributed by atoms with E-state index in [1.54, 1.807) is 0 Å². The third kappa shape index (κ3) is 2.42. The number of H-pyrrole nitrogens is 1. The molecular formula is C24H19NO. The molecule has 5 rings (SSSR count). The second-order valence-corrected chi connectivity index (χ2v) is 6.80. The topological polar surface area (TPSA) is 25.0 Å². The summed E-state index contributed by atoms with van der Waals surface area (Å²) in [7, 11) is 0. The zero-order chi connectivity index (χ0) is 17.5. The normalized spacial score (nSPS) is 16.0. The van der Waals surface area contributed by atoms with Crippen LogP contribution in [0.3, 0.4) is 0 Å². The van der Waals surface area contributed by atoms with Gasteiger partial charge in [-0.15, -0.1) is 0 Å². The summed E-state index contributed by atoms with van der Waals surface area (Å²) < 4.78 is 6.25. The minimum Gasteiger partial charge on any atom is -0.457 e. The van der Waals surface area contributed by atoms with E-state index >= 15 is 0 Å². The first-order chi connectivity index (χ1) is 12.8. The zero-order valence-corrected chi connectivity index (χ0v) is 14.6. The van der Waals surface area contributed by atoms with Crippen LogP contribution in [0.2, 0.25) is 0 Å². The Bertz CT molecular complexity index is 1120. The van der Waals surface area contributed by atoms with Crippen molar-refractivity contribution in [1.29, 1.82) is 0 Å². The molecule has 2 nitrogen and oxygen atoms in total. The summed E-state index contributed by atoms with van der Waals surface area (Å²) in [5.41, 5.74) is 6.00. The molecule has 4 aromatic rings. The number of ether oxygens (including phenoxy) is 1. The number of aryl methyl sites for hydroxylation is 1. The van der Waals surface area contributed by atoms with Crippen molar-refractivity contribution in [3.05, 3.63) is 107 Å². The molecule has 26 heavy (non-hydrogen) atoms. The van der Waals surface area contributed by atoms with E-state index < -0.39 is 0 Å². The SMILES string of the molecule is Cc1ccc(C2=CC(c3c[nH]c4ccccc34)c3ccccc3O2)cc1. The minimum atomic E-state index is 0.160. The van der Waals surface area contributed by atoms with Gasteiger partial charge < -0.3 is 9.72 Å². The fraction of sp³-hybridized carbons (Fsp3) is 0.0833. The summed E-state index contributed by atoms with van der Waals surface area (Å²) in [6.07, 6.45) is 4.36. The number of allylic oxidation sites excluding steroid dienone is 1. The minimum absolute atomic E-state index is 0.160. The van der Waals surface area contributed by atoms with Gasteiger partial charge in [0.25, 0.3) is 0 Å². The molecule has 1 atom stereocenters. The summed E-state index contributed by atoms with van der Waals surface area (Å²) in [6.45, 7) is 2.10. The number of aromatic nitrogens is 1. The molecule has 0 fully saturated rings. The standard InChI is InChI=1S/C24H19NO/c1-16-10-12-17(13-11-16)24-14-20(19-7-3-5-9-23(19)26-24)21-15-25-22-8-4-2-6-18(21)22/h2-15,20,25H,1H3. The van der Waals surface area contributed by atoms with Crippen LogP contribution in [0.25, 0.3) is 16.7 Å². The van der Waals surface area contributed by atoms with Crippen LogP contribution in [0.15, 0.2) is 85.1 Å². The number of rotatable bonds is 2. The first-order valence-electron chi connectivity index (χ1n) is 8.91. The fourth-order valence-corrected chi connectivity index (χ4v) is 3.71. The van der Waals surface area contributed by atoms with Crippen LogP contribution in [0, 0.1) is 6.92 Å². The van der Waals surface area contributed by atoms with Crippen LogP contribution in [0.4, 0.5) is 0 Å². The Hall–Kier alpha value is -3.26. The van der Waals surface area contributed by atoms with Crippen molar-refractivity contribution in [1.82, 2.24) is 4.98 Å². The molecule has 1 aromatic heterocycles. The van der Waals surface area contributed by atoms with E-state index in [9.17, 15) is 0 Å². The molecule has 0 saturated heterocycles. The molecule has 0 spiro atoms. The van der Waals surface area contributed by atoms with E-state index in [1.165, 1.54) is 22.1 Å². The van der Waals surface area contributed by atoms with E-state index in [4.69, 9.17) is 4.74 Å². The molecule has 0 radical (unpaired) electrons. The lowest BCUT2D eigenvalue weighted by Crippen LogP contribution is -2.10. The van der Waals surface area contributed by atoms with Crippen LogP contribution < -0.4 is 4.74 Å². The highest BCUT2D eigenvalue weighted by Gasteiger charge is 2.25. The van der Waals surface area contributed by atoms with Gasteiger partial charge in [-0.25, -0.2) is 0 Å². The maximum Gasteiger partial charge on any atom is 0.131 e. The molecule has 0 bridgehead atoms. The molecule has 0 saturated carbocycles. The number of fused-ring (bicyclic) bond motifs is 2. The monoisotopic (exact) mass is 337 g/mol. The van der Waals surface area contributed by atoms with E-state index in [-0.39, 0.29) is 5.92 Å². The highest BCUT2D eigenvalue weighted by Crippen LogP contribution is 2.42. The van der Waals surface area contributed by atoms with Crippen molar-refractivity contribution in [2.75, 3.05) is 0 Å². The predicted octanol–water partition coefficient (Wildman–Crippen LogP) is 6.04. The number of hydrogen-bond acceptors (Lipinski definition) is 1. The fourth-order valence-electron chi connectivity index (χ4n) is 3.71. The van der Waals surface area contributed by atoms with Crippen LogP contribution >= 0.6 is 0 Å². The van der Waals surface area contributed by atoms with E-state index in [2.05, 4.69) is 90.9 Å². The van der Waals surface area contributed by atoms with Gasteiger partial charge in [0.2, 0.25) is 0 Å². The highest BCUT2D eigenvalue weighted by molar-refractivity contribution is 5.85. The lowest BCUT2D eigenvalue weighted by atomic mass is 9.87. The Labute approximate surface area is 152 Å². The van der Waals surface area contributed by atoms with Gasteiger partial charge in [-0.2, -0.15) is 0 Å². The largest absolute Gasteiger partial charge is 0.457 e. The van der Waals surface area contributed by atoms with E-state index in [0.717, 1.165) is 22.6 Å². The van der Waals surface area contributed by atoms with Crippen molar-refractivity contribution in [2.24, 2.45) is 0 Å². The van der Waals surface area contributed by atoms with Crippen LogP contribution in [-0.2, 0) is 0 Å². The molecule has 1 aliphatic heterocycles. The lowest BCUT2D eigenvalue weighted by Gasteiger charge is -2.25. The molecule has 0 aliphatic carbocycles. The van der Waals surface area contributed by atoms with Gasteiger partial charge in [0.1, 0.15) is 11.5 Å². The molecule has 2 heteroatoms. The predicted molar refractivity (Wildman–Crippen MR) is 106 cm³/mol. The average molecular weight is 337 g/mol. The van der Waals surface area contributed by atoms with Gasteiger partial charge in [0.05, 0.1) is 0 Å². The molecule has 1 unspecified atom stereocenters. The lowest BCUT2D eigenvalue weighted by molar-refractivity contribution is 0.493. The average Bonchev–Trinajstić information content (AvgIpc) is 3.12. The molecule has 2 heterocycles. The van der Waals surface area contributed by atoms with E-state index in [1.807, 2.05) is 6.07 Å². The van der Waals surface area contributed by atoms with E-state index in [0.29, 0.717) is 0 Å². The summed E-state index contributed by atoms with van der Waals surface area (Å²) in [6, 6.07) is 25.3. The Balaban J connectivity index is 1.69. The molecule has 3 aromatic carbocycles. The van der Waals surface area contributed by atoms with Crippen molar-refractivity contribution >= 4 is 16.7 Å². The smallest absolute Gasteiger partial charge is 0.131 e.